The number of hydrogen-bond donors (Lipinski definition) is 1. The van der Waals surface area contributed by atoms with Gasteiger partial charge in [0.05, 0.1) is 0 Å². The van der Waals surface area contributed by atoms with Crippen LogP contribution in [0.1, 0.15) is 30.1 Å². The highest BCUT2D eigenvalue weighted by Crippen LogP contribution is 2.28. The number of urea groups is 1. The van der Waals surface area contributed by atoms with E-state index in [2.05, 4.69) is 20.1 Å². The van der Waals surface area contributed by atoms with Crippen LogP contribution < -0.4 is 5.32 Å². The maximum absolute atomic E-state index is 12.3. The Morgan fingerprint density at radius 3 is 2.58 bits per heavy atom. The number of likely N-dealkylation sites (tertiary alicyclic amines) is 1. The number of nitrogens with one attached hydrogen (secondary N) is 1. The molecular weight excluding hydrogens is 322 g/mol. The lowest BCUT2D eigenvalue weighted by molar-refractivity contribution is 0.179. The molecule has 2 heterocycles. The molecule has 1 aromatic carbocycles. The summed E-state index contributed by atoms with van der Waals surface area (Å²) >= 11 is 1.61. The van der Waals surface area contributed by atoms with E-state index >= 15 is 0 Å². The molecule has 3 rings (SSSR count). The maximum Gasteiger partial charge on any atom is 0.317 e. The third-order valence-corrected chi connectivity index (χ3v) is 5.21. The summed E-state index contributed by atoms with van der Waals surface area (Å²) in [5.74, 6) is 1.41. The SMILES string of the molecule is CSc1nnc(C2CCN(C(=O)NCc3ccccc3)CC2)n1C. The minimum atomic E-state index is 0.0140. The topological polar surface area (TPSA) is 63.1 Å². The maximum atomic E-state index is 12.3. The summed E-state index contributed by atoms with van der Waals surface area (Å²) in [7, 11) is 2.01. The van der Waals surface area contributed by atoms with Crippen LogP contribution in [0, 0.1) is 0 Å². The zero-order valence-electron chi connectivity index (χ0n) is 14.1. The van der Waals surface area contributed by atoms with Crippen LogP contribution >= 0.6 is 11.8 Å². The zero-order chi connectivity index (χ0) is 16.9. The largest absolute Gasteiger partial charge is 0.334 e. The average molecular weight is 345 g/mol. The average Bonchev–Trinajstić information content (AvgIpc) is 3.01. The van der Waals surface area contributed by atoms with Crippen LogP contribution in [-0.2, 0) is 13.6 Å². The second kappa shape index (κ2) is 7.70. The number of carbonyl (C=O) groups is 1. The second-order valence-corrected chi connectivity index (χ2v) is 6.78. The Labute approximate surface area is 146 Å². The highest BCUT2D eigenvalue weighted by Gasteiger charge is 2.27. The molecule has 0 saturated carbocycles. The highest BCUT2D eigenvalue weighted by atomic mass is 32.2. The van der Waals surface area contributed by atoms with Crippen molar-refractivity contribution in [3.63, 3.8) is 0 Å². The van der Waals surface area contributed by atoms with Gasteiger partial charge in [0.25, 0.3) is 0 Å². The lowest BCUT2D eigenvalue weighted by atomic mass is 9.96. The van der Waals surface area contributed by atoms with Crippen molar-refractivity contribution in [3.05, 3.63) is 41.7 Å². The number of thioether (sulfide) groups is 1. The number of amides is 2. The van der Waals surface area contributed by atoms with Crippen molar-refractivity contribution in [3.8, 4) is 0 Å². The molecule has 1 fully saturated rings. The van der Waals surface area contributed by atoms with E-state index in [1.165, 1.54) is 0 Å². The molecule has 1 aromatic heterocycles. The molecule has 0 radical (unpaired) electrons. The Morgan fingerprint density at radius 2 is 1.96 bits per heavy atom. The molecule has 0 bridgehead atoms. The summed E-state index contributed by atoms with van der Waals surface area (Å²) in [6.45, 7) is 2.08. The summed E-state index contributed by atoms with van der Waals surface area (Å²) in [5.41, 5.74) is 1.12. The van der Waals surface area contributed by atoms with E-state index in [4.69, 9.17) is 0 Å². The standard InChI is InChI=1S/C17H23N5OS/c1-21-15(19-20-17(21)24-2)14-8-10-22(11-9-14)16(23)18-12-13-6-4-3-5-7-13/h3-7,14H,8-12H2,1-2H3,(H,18,23). The van der Waals surface area contributed by atoms with Gasteiger partial charge >= 0.3 is 6.03 Å². The molecule has 1 N–H and O–H groups in total. The Morgan fingerprint density at radius 1 is 1.25 bits per heavy atom. The van der Waals surface area contributed by atoms with E-state index in [1.807, 2.05) is 48.5 Å². The predicted octanol–water partition coefficient (Wildman–Crippen LogP) is 2.63. The van der Waals surface area contributed by atoms with E-state index in [-0.39, 0.29) is 6.03 Å². The molecular formula is C17H23N5OS. The molecule has 1 aliphatic heterocycles. The fourth-order valence-electron chi connectivity index (χ4n) is 3.09. The fourth-order valence-corrected chi connectivity index (χ4v) is 3.58. The molecule has 2 aromatic rings. The van der Waals surface area contributed by atoms with Crippen molar-refractivity contribution in [2.45, 2.75) is 30.5 Å². The Hall–Kier alpha value is -2.02. The molecule has 1 saturated heterocycles. The van der Waals surface area contributed by atoms with Crippen molar-refractivity contribution >= 4 is 17.8 Å². The summed E-state index contributed by atoms with van der Waals surface area (Å²) in [4.78, 5) is 14.2. The smallest absolute Gasteiger partial charge is 0.317 e. The molecule has 2 amide bonds. The third kappa shape index (κ3) is 3.72. The number of benzene rings is 1. The van der Waals surface area contributed by atoms with Crippen molar-refractivity contribution in [2.75, 3.05) is 19.3 Å². The summed E-state index contributed by atoms with van der Waals surface area (Å²) in [6, 6.07) is 9.99. The quantitative estimate of drug-likeness (QED) is 0.865. The number of rotatable bonds is 4. The first-order chi connectivity index (χ1) is 11.7. The summed E-state index contributed by atoms with van der Waals surface area (Å²) in [5, 5.41) is 12.5. The lowest BCUT2D eigenvalue weighted by Crippen LogP contribution is -2.44. The van der Waals surface area contributed by atoms with Crippen LogP contribution in [0.15, 0.2) is 35.5 Å². The van der Waals surface area contributed by atoms with Crippen LogP contribution in [0.3, 0.4) is 0 Å². The van der Waals surface area contributed by atoms with Gasteiger partial charge < -0.3 is 14.8 Å². The molecule has 1 aliphatic rings. The van der Waals surface area contributed by atoms with Gasteiger partial charge in [-0.25, -0.2) is 4.79 Å². The van der Waals surface area contributed by atoms with Crippen molar-refractivity contribution in [1.29, 1.82) is 0 Å². The van der Waals surface area contributed by atoms with Gasteiger partial charge in [0.1, 0.15) is 5.82 Å². The highest BCUT2D eigenvalue weighted by molar-refractivity contribution is 7.98. The molecule has 0 aliphatic carbocycles. The zero-order valence-corrected chi connectivity index (χ0v) is 14.9. The van der Waals surface area contributed by atoms with Gasteiger partial charge in [0.2, 0.25) is 0 Å². The molecule has 0 spiro atoms. The number of aromatic nitrogens is 3. The summed E-state index contributed by atoms with van der Waals surface area (Å²) < 4.78 is 2.07. The van der Waals surface area contributed by atoms with Crippen molar-refractivity contribution in [1.82, 2.24) is 25.0 Å². The Balaban J connectivity index is 1.51. The first kappa shape index (κ1) is 16.8. The summed E-state index contributed by atoms with van der Waals surface area (Å²) in [6.07, 6.45) is 3.87. The number of hydrogen-bond acceptors (Lipinski definition) is 4. The lowest BCUT2D eigenvalue weighted by Gasteiger charge is -2.31. The van der Waals surface area contributed by atoms with Gasteiger partial charge in [0, 0.05) is 32.6 Å². The van der Waals surface area contributed by atoms with Crippen LogP contribution in [0.4, 0.5) is 4.79 Å². The minimum absolute atomic E-state index is 0.0140. The molecule has 6 nitrogen and oxygen atoms in total. The van der Waals surface area contributed by atoms with Crippen LogP contribution in [0.2, 0.25) is 0 Å². The molecule has 0 unspecified atom stereocenters. The van der Waals surface area contributed by atoms with E-state index < -0.39 is 0 Å². The van der Waals surface area contributed by atoms with E-state index in [9.17, 15) is 4.79 Å². The monoisotopic (exact) mass is 345 g/mol. The van der Waals surface area contributed by atoms with Gasteiger partial charge in [-0.15, -0.1) is 10.2 Å². The van der Waals surface area contributed by atoms with Crippen molar-refractivity contribution < 1.29 is 4.79 Å². The normalized spacial score (nSPS) is 15.5. The first-order valence-corrected chi connectivity index (χ1v) is 9.41. The molecule has 7 heteroatoms. The van der Waals surface area contributed by atoms with Crippen LogP contribution in [0.25, 0.3) is 0 Å². The van der Waals surface area contributed by atoms with Gasteiger partial charge in [-0.1, -0.05) is 42.1 Å². The van der Waals surface area contributed by atoms with Gasteiger partial charge in [0.15, 0.2) is 5.16 Å². The fraction of sp³-hybridized carbons (Fsp3) is 0.471. The van der Waals surface area contributed by atoms with E-state index in [0.717, 1.165) is 42.5 Å². The Kier molecular flexibility index (Phi) is 5.40. The predicted molar refractivity (Wildman–Crippen MR) is 95.0 cm³/mol. The van der Waals surface area contributed by atoms with E-state index in [0.29, 0.717) is 12.5 Å². The number of piperidine rings is 1. The molecule has 0 atom stereocenters. The number of carbonyl (C=O) groups excluding carboxylic acids is 1. The van der Waals surface area contributed by atoms with E-state index in [1.54, 1.807) is 11.8 Å². The molecule has 128 valence electrons. The van der Waals surface area contributed by atoms with Gasteiger partial charge in [-0.3, -0.25) is 0 Å². The van der Waals surface area contributed by atoms with Crippen LogP contribution in [0.5, 0.6) is 0 Å². The van der Waals surface area contributed by atoms with Gasteiger partial charge in [-0.2, -0.15) is 0 Å². The van der Waals surface area contributed by atoms with Gasteiger partial charge in [-0.05, 0) is 24.7 Å². The number of nitrogens with zero attached hydrogens (tertiary/aromatic N) is 4. The van der Waals surface area contributed by atoms with Crippen molar-refractivity contribution in [2.24, 2.45) is 7.05 Å². The first-order valence-electron chi connectivity index (χ1n) is 8.19. The van der Waals surface area contributed by atoms with Crippen LogP contribution in [-0.4, -0.2) is 45.0 Å². The Bertz CT molecular complexity index is 680. The second-order valence-electron chi connectivity index (χ2n) is 6.01. The molecule has 24 heavy (non-hydrogen) atoms. The minimum Gasteiger partial charge on any atom is -0.334 e. The third-order valence-electron chi connectivity index (χ3n) is 4.49.